The van der Waals surface area contributed by atoms with Crippen molar-refractivity contribution in [1.82, 2.24) is 15.1 Å². The van der Waals surface area contributed by atoms with Crippen molar-refractivity contribution in [2.75, 3.05) is 26.2 Å². The summed E-state index contributed by atoms with van der Waals surface area (Å²) in [5, 5.41) is 7.20. The molecule has 2 aliphatic rings. The van der Waals surface area contributed by atoms with Crippen molar-refractivity contribution in [3.8, 4) is 0 Å². The van der Waals surface area contributed by atoms with Gasteiger partial charge in [0, 0.05) is 32.6 Å². The Morgan fingerprint density at radius 3 is 3.00 bits per heavy atom. The van der Waals surface area contributed by atoms with Crippen LogP contribution >= 0.6 is 11.3 Å². The second kappa shape index (κ2) is 7.81. The number of nitrogens with zero attached hydrogens (tertiary/aromatic N) is 2. The summed E-state index contributed by atoms with van der Waals surface area (Å²) in [7, 11) is 0. The molecular weight excluding hydrogens is 310 g/mol. The fourth-order valence-corrected chi connectivity index (χ4v) is 4.20. The number of hydrogen-bond acceptors (Lipinski definition) is 3. The minimum atomic E-state index is 0.000899. The molecule has 0 unspecified atom stereocenters. The minimum absolute atomic E-state index is 0.000899. The molecule has 1 N–H and O–H groups in total. The monoisotopic (exact) mass is 335 g/mol. The predicted octanol–water partition coefficient (Wildman–Crippen LogP) is 3.00. The standard InChI is InChI=1S/C17H25N3O2S/c21-16-6-2-1-3-9-19(16)11-8-18-17(22)20-10-4-5-15(20)14-7-12-23-13-14/h7,12-13,15H,1-6,8-11H2,(H,18,22)/t15-/m0/s1. The van der Waals surface area contributed by atoms with E-state index in [0.29, 0.717) is 19.5 Å². The van der Waals surface area contributed by atoms with E-state index in [-0.39, 0.29) is 18.0 Å². The Hall–Kier alpha value is -1.56. The molecular formula is C17H25N3O2S. The molecule has 0 spiro atoms. The van der Waals surface area contributed by atoms with Crippen LogP contribution in [0, 0.1) is 0 Å². The first kappa shape index (κ1) is 16.3. The third-order valence-electron chi connectivity index (χ3n) is 4.77. The summed E-state index contributed by atoms with van der Waals surface area (Å²) in [5.41, 5.74) is 1.24. The molecule has 1 atom stereocenters. The number of carbonyl (C=O) groups is 2. The van der Waals surface area contributed by atoms with Crippen LogP contribution in [0.4, 0.5) is 4.79 Å². The Balaban J connectivity index is 1.48. The van der Waals surface area contributed by atoms with E-state index < -0.39 is 0 Å². The Labute approximate surface area is 141 Å². The van der Waals surface area contributed by atoms with Gasteiger partial charge in [0.05, 0.1) is 6.04 Å². The first-order chi connectivity index (χ1) is 11.3. The zero-order valence-corrected chi connectivity index (χ0v) is 14.3. The van der Waals surface area contributed by atoms with E-state index in [0.717, 1.165) is 45.2 Å². The molecule has 3 amide bonds. The van der Waals surface area contributed by atoms with Crippen LogP contribution in [0.2, 0.25) is 0 Å². The number of likely N-dealkylation sites (tertiary alicyclic amines) is 2. The molecule has 0 radical (unpaired) electrons. The number of amides is 3. The summed E-state index contributed by atoms with van der Waals surface area (Å²) in [6.07, 6.45) is 5.95. The van der Waals surface area contributed by atoms with Crippen LogP contribution in [-0.4, -0.2) is 47.9 Å². The lowest BCUT2D eigenvalue weighted by atomic mass is 10.1. The van der Waals surface area contributed by atoms with Crippen LogP contribution in [0.1, 0.15) is 50.1 Å². The fourth-order valence-electron chi connectivity index (χ4n) is 3.50. The molecule has 0 bridgehead atoms. The number of thiophene rings is 1. The maximum absolute atomic E-state index is 12.5. The lowest BCUT2D eigenvalue weighted by Crippen LogP contribution is -2.43. The molecule has 0 aromatic carbocycles. The van der Waals surface area contributed by atoms with Gasteiger partial charge in [-0.1, -0.05) is 6.42 Å². The Kier molecular flexibility index (Phi) is 5.54. The van der Waals surface area contributed by atoms with Gasteiger partial charge >= 0.3 is 6.03 Å². The average molecular weight is 335 g/mol. The summed E-state index contributed by atoms with van der Waals surface area (Å²) >= 11 is 1.68. The van der Waals surface area contributed by atoms with E-state index >= 15 is 0 Å². The molecule has 1 aromatic rings. The van der Waals surface area contributed by atoms with Crippen molar-refractivity contribution in [2.24, 2.45) is 0 Å². The third kappa shape index (κ3) is 4.05. The van der Waals surface area contributed by atoms with E-state index in [9.17, 15) is 9.59 Å². The van der Waals surface area contributed by atoms with Crippen LogP contribution in [0.25, 0.3) is 0 Å². The van der Waals surface area contributed by atoms with Gasteiger partial charge in [0.25, 0.3) is 0 Å². The predicted molar refractivity (Wildman–Crippen MR) is 91.4 cm³/mol. The topological polar surface area (TPSA) is 52.7 Å². The molecule has 6 heteroatoms. The van der Waals surface area contributed by atoms with Gasteiger partial charge in [-0.15, -0.1) is 0 Å². The number of rotatable bonds is 4. The zero-order chi connectivity index (χ0) is 16.1. The largest absolute Gasteiger partial charge is 0.341 e. The fraction of sp³-hybridized carbons (Fsp3) is 0.647. The molecule has 2 fully saturated rings. The highest BCUT2D eigenvalue weighted by atomic mass is 32.1. The average Bonchev–Trinajstić information content (AvgIpc) is 3.19. The normalized spacial score (nSPS) is 22.3. The zero-order valence-electron chi connectivity index (χ0n) is 13.5. The van der Waals surface area contributed by atoms with Gasteiger partial charge in [-0.3, -0.25) is 4.79 Å². The van der Waals surface area contributed by atoms with Crippen LogP contribution < -0.4 is 5.32 Å². The molecule has 5 nitrogen and oxygen atoms in total. The van der Waals surface area contributed by atoms with Gasteiger partial charge in [-0.25, -0.2) is 4.79 Å². The molecule has 3 rings (SSSR count). The van der Waals surface area contributed by atoms with Crippen molar-refractivity contribution in [1.29, 1.82) is 0 Å². The van der Waals surface area contributed by atoms with Gasteiger partial charge in [0.2, 0.25) is 5.91 Å². The first-order valence-corrected chi connectivity index (χ1v) is 9.54. The highest BCUT2D eigenvalue weighted by Crippen LogP contribution is 2.32. The van der Waals surface area contributed by atoms with E-state index in [2.05, 4.69) is 22.1 Å². The van der Waals surface area contributed by atoms with Crippen molar-refractivity contribution in [2.45, 2.75) is 44.6 Å². The summed E-state index contributed by atoms with van der Waals surface area (Å²) in [6, 6.07) is 2.32. The number of hydrogen-bond donors (Lipinski definition) is 1. The van der Waals surface area contributed by atoms with Crippen molar-refractivity contribution < 1.29 is 9.59 Å². The van der Waals surface area contributed by atoms with E-state index in [1.165, 1.54) is 5.56 Å². The second-order valence-electron chi connectivity index (χ2n) is 6.33. The molecule has 126 valence electrons. The quantitative estimate of drug-likeness (QED) is 0.919. The van der Waals surface area contributed by atoms with E-state index in [4.69, 9.17) is 0 Å². The van der Waals surface area contributed by atoms with Gasteiger partial charge < -0.3 is 15.1 Å². The summed E-state index contributed by atoms with van der Waals surface area (Å²) in [6.45, 7) is 2.81. The lowest BCUT2D eigenvalue weighted by molar-refractivity contribution is -0.130. The molecule has 23 heavy (non-hydrogen) atoms. The van der Waals surface area contributed by atoms with Crippen molar-refractivity contribution in [3.05, 3.63) is 22.4 Å². The highest BCUT2D eigenvalue weighted by molar-refractivity contribution is 7.07. The first-order valence-electron chi connectivity index (χ1n) is 8.60. The van der Waals surface area contributed by atoms with Gasteiger partial charge in [0.15, 0.2) is 0 Å². The maximum Gasteiger partial charge on any atom is 0.317 e. The molecule has 0 aliphatic carbocycles. The highest BCUT2D eigenvalue weighted by Gasteiger charge is 2.30. The molecule has 2 saturated heterocycles. The van der Waals surface area contributed by atoms with Crippen LogP contribution in [0.5, 0.6) is 0 Å². The number of urea groups is 1. The Morgan fingerprint density at radius 2 is 2.17 bits per heavy atom. The third-order valence-corrected chi connectivity index (χ3v) is 5.47. The summed E-state index contributed by atoms with van der Waals surface area (Å²) in [4.78, 5) is 28.2. The minimum Gasteiger partial charge on any atom is -0.341 e. The number of carbonyl (C=O) groups excluding carboxylic acids is 2. The van der Waals surface area contributed by atoms with Crippen molar-refractivity contribution >= 4 is 23.3 Å². The maximum atomic E-state index is 12.5. The van der Waals surface area contributed by atoms with Crippen LogP contribution in [0.3, 0.4) is 0 Å². The van der Waals surface area contributed by atoms with E-state index in [1.54, 1.807) is 11.3 Å². The molecule has 2 aliphatic heterocycles. The lowest BCUT2D eigenvalue weighted by Gasteiger charge is -2.26. The summed E-state index contributed by atoms with van der Waals surface area (Å²) < 4.78 is 0. The van der Waals surface area contributed by atoms with Gasteiger partial charge in [-0.2, -0.15) is 11.3 Å². The Bertz CT molecular complexity index is 532. The van der Waals surface area contributed by atoms with E-state index in [1.807, 2.05) is 9.80 Å². The molecule has 3 heterocycles. The van der Waals surface area contributed by atoms with Crippen LogP contribution in [-0.2, 0) is 4.79 Å². The van der Waals surface area contributed by atoms with Crippen LogP contribution in [0.15, 0.2) is 16.8 Å². The molecule has 1 aromatic heterocycles. The van der Waals surface area contributed by atoms with Crippen molar-refractivity contribution in [3.63, 3.8) is 0 Å². The van der Waals surface area contributed by atoms with Gasteiger partial charge in [-0.05, 0) is 48.1 Å². The Morgan fingerprint density at radius 1 is 1.26 bits per heavy atom. The van der Waals surface area contributed by atoms with Gasteiger partial charge in [0.1, 0.15) is 0 Å². The number of nitrogens with one attached hydrogen (secondary N) is 1. The summed E-state index contributed by atoms with van der Waals surface area (Å²) in [5.74, 6) is 0.231. The smallest absolute Gasteiger partial charge is 0.317 e. The SMILES string of the molecule is O=C1CCCCCN1CCNC(=O)N1CCC[C@H]1c1ccsc1. The second-order valence-corrected chi connectivity index (χ2v) is 7.11. The molecule has 0 saturated carbocycles.